The number of thiophene rings is 1. The zero-order valence-electron chi connectivity index (χ0n) is 11.1. The second-order valence-electron chi connectivity index (χ2n) is 5.38. The molecule has 0 radical (unpaired) electrons. The zero-order valence-corrected chi connectivity index (χ0v) is 13.5. The summed E-state index contributed by atoms with van der Waals surface area (Å²) in [6, 6.07) is 2.76. The van der Waals surface area contributed by atoms with Gasteiger partial charge in [-0.3, -0.25) is 4.90 Å². The van der Waals surface area contributed by atoms with E-state index in [1.165, 1.54) is 41.5 Å². The summed E-state index contributed by atoms with van der Waals surface area (Å²) in [7, 11) is 2.22. The summed E-state index contributed by atoms with van der Waals surface area (Å²) in [5.41, 5.74) is 7.41. The third-order valence-electron chi connectivity index (χ3n) is 4.06. The molecular formula is C14H23BrN2S. The Morgan fingerprint density at radius 1 is 1.44 bits per heavy atom. The van der Waals surface area contributed by atoms with Gasteiger partial charge in [0.2, 0.25) is 0 Å². The molecular weight excluding hydrogens is 308 g/mol. The smallest absolute Gasteiger partial charge is 0.0701 e. The molecule has 18 heavy (non-hydrogen) atoms. The van der Waals surface area contributed by atoms with E-state index < -0.39 is 0 Å². The first kappa shape index (κ1) is 14.5. The van der Waals surface area contributed by atoms with Gasteiger partial charge in [0.05, 0.1) is 3.79 Å². The molecule has 0 amide bonds. The molecule has 1 atom stereocenters. The second-order valence-corrected chi connectivity index (χ2v) is 7.67. The highest BCUT2D eigenvalue weighted by Gasteiger charge is 2.25. The van der Waals surface area contributed by atoms with Gasteiger partial charge in [0, 0.05) is 19.1 Å². The quantitative estimate of drug-likeness (QED) is 0.888. The van der Waals surface area contributed by atoms with Crippen molar-refractivity contribution in [1.82, 2.24) is 4.90 Å². The normalized spacial score (nSPS) is 19.3. The summed E-state index contributed by atoms with van der Waals surface area (Å²) >= 11 is 5.29. The van der Waals surface area contributed by atoms with Crippen molar-refractivity contribution in [3.05, 3.63) is 20.8 Å². The standard InChI is InChI=1S/C14H23BrN2S/c1-17(9-11-7-14(15)18-10-11)13(8-16)12-5-3-2-4-6-12/h7,10,12-13H,2-6,8-9,16H2,1H3. The number of nitrogens with two attached hydrogens (primary N) is 1. The maximum atomic E-state index is 6.02. The van der Waals surface area contributed by atoms with Crippen molar-refractivity contribution < 1.29 is 0 Å². The highest BCUT2D eigenvalue weighted by molar-refractivity contribution is 9.11. The van der Waals surface area contributed by atoms with E-state index in [0.717, 1.165) is 19.0 Å². The van der Waals surface area contributed by atoms with Gasteiger partial charge < -0.3 is 5.73 Å². The van der Waals surface area contributed by atoms with E-state index in [4.69, 9.17) is 5.73 Å². The molecule has 1 aromatic heterocycles. The minimum atomic E-state index is 0.545. The van der Waals surface area contributed by atoms with Crippen molar-refractivity contribution in [2.45, 2.75) is 44.7 Å². The van der Waals surface area contributed by atoms with Crippen LogP contribution >= 0.6 is 27.3 Å². The molecule has 4 heteroatoms. The van der Waals surface area contributed by atoms with Crippen LogP contribution in [0.25, 0.3) is 0 Å². The Kier molecular flexibility index (Phi) is 5.67. The van der Waals surface area contributed by atoms with E-state index in [1.54, 1.807) is 11.3 Å². The van der Waals surface area contributed by atoms with Gasteiger partial charge in [0.15, 0.2) is 0 Å². The van der Waals surface area contributed by atoms with Crippen LogP contribution in [0.3, 0.4) is 0 Å². The van der Waals surface area contributed by atoms with E-state index in [0.29, 0.717) is 6.04 Å². The molecule has 1 heterocycles. The lowest BCUT2D eigenvalue weighted by Gasteiger charge is -2.36. The fourth-order valence-corrected chi connectivity index (χ4v) is 4.29. The minimum absolute atomic E-state index is 0.545. The van der Waals surface area contributed by atoms with E-state index in [9.17, 15) is 0 Å². The first-order valence-corrected chi connectivity index (χ1v) is 8.51. The van der Waals surface area contributed by atoms with Crippen LogP contribution in [0, 0.1) is 5.92 Å². The van der Waals surface area contributed by atoms with Crippen LogP contribution in [0.4, 0.5) is 0 Å². The monoisotopic (exact) mass is 330 g/mol. The van der Waals surface area contributed by atoms with Gasteiger partial charge in [-0.25, -0.2) is 0 Å². The molecule has 1 saturated carbocycles. The van der Waals surface area contributed by atoms with E-state index in [1.807, 2.05) is 0 Å². The predicted molar refractivity (Wildman–Crippen MR) is 82.9 cm³/mol. The molecule has 0 bridgehead atoms. The van der Waals surface area contributed by atoms with Crippen LogP contribution in [0.15, 0.2) is 15.2 Å². The third kappa shape index (κ3) is 3.80. The molecule has 1 aliphatic carbocycles. The average molecular weight is 331 g/mol. The summed E-state index contributed by atoms with van der Waals surface area (Å²) in [5.74, 6) is 0.802. The Morgan fingerprint density at radius 2 is 2.17 bits per heavy atom. The van der Waals surface area contributed by atoms with Crippen LogP contribution in [-0.4, -0.2) is 24.5 Å². The molecule has 102 valence electrons. The van der Waals surface area contributed by atoms with Crippen molar-refractivity contribution in [3.8, 4) is 0 Å². The molecule has 0 aromatic carbocycles. The van der Waals surface area contributed by atoms with Gasteiger partial charge in [0.1, 0.15) is 0 Å². The highest BCUT2D eigenvalue weighted by Crippen LogP contribution is 2.29. The first-order valence-electron chi connectivity index (χ1n) is 6.84. The molecule has 1 unspecified atom stereocenters. The van der Waals surface area contributed by atoms with Crippen molar-refractivity contribution in [2.75, 3.05) is 13.6 Å². The lowest BCUT2D eigenvalue weighted by molar-refractivity contribution is 0.143. The molecule has 1 aromatic rings. The molecule has 2 N–H and O–H groups in total. The number of nitrogens with zero attached hydrogens (tertiary/aromatic N) is 1. The molecule has 0 spiro atoms. The number of halogens is 1. The van der Waals surface area contributed by atoms with Crippen LogP contribution in [0.2, 0.25) is 0 Å². The molecule has 1 aliphatic rings. The lowest BCUT2D eigenvalue weighted by Crippen LogP contribution is -2.43. The first-order chi connectivity index (χ1) is 8.70. The maximum Gasteiger partial charge on any atom is 0.0701 e. The third-order valence-corrected chi connectivity index (χ3v) is 5.61. The van der Waals surface area contributed by atoms with Crippen LogP contribution in [-0.2, 0) is 6.54 Å². The SMILES string of the molecule is CN(Cc1csc(Br)c1)C(CN)C1CCCCC1. The molecule has 2 nitrogen and oxygen atoms in total. The van der Waals surface area contributed by atoms with Gasteiger partial charge in [-0.05, 0) is 58.7 Å². The number of likely N-dealkylation sites (N-methyl/N-ethyl adjacent to an activating group) is 1. The van der Waals surface area contributed by atoms with Crippen LogP contribution in [0.1, 0.15) is 37.7 Å². The Morgan fingerprint density at radius 3 is 2.72 bits per heavy atom. The van der Waals surface area contributed by atoms with Crippen molar-refractivity contribution in [2.24, 2.45) is 11.7 Å². The Labute approximate surface area is 123 Å². The van der Waals surface area contributed by atoms with Gasteiger partial charge >= 0.3 is 0 Å². The maximum absolute atomic E-state index is 6.02. The summed E-state index contributed by atoms with van der Waals surface area (Å²) in [6.45, 7) is 1.80. The largest absolute Gasteiger partial charge is 0.329 e. The summed E-state index contributed by atoms with van der Waals surface area (Å²) in [6.07, 6.45) is 6.91. The van der Waals surface area contributed by atoms with Crippen LogP contribution in [0.5, 0.6) is 0 Å². The second kappa shape index (κ2) is 7.04. The topological polar surface area (TPSA) is 29.3 Å². The summed E-state index contributed by atoms with van der Waals surface area (Å²) in [5, 5.41) is 2.23. The van der Waals surface area contributed by atoms with Gasteiger partial charge in [-0.15, -0.1) is 11.3 Å². The zero-order chi connectivity index (χ0) is 13.0. The highest BCUT2D eigenvalue weighted by atomic mass is 79.9. The van der Waals surface area contributed by atoms with E-state index in [-0.39, 0.29) is 0 Å². The van der Waals surface area contributed by atoms with Gasteiger partial charge in [-0.1, -0.05) is 19.3 Å². The summed E-state index contributed by atoms with van der Waals surface area (Å²) in [4.78, 5) is 2.45. The number of hydrogen-bond acceptors (Lipinski definition) is 3. The van der Waals surface area contributed by atoms with Crippen molar-refractivity contribution in [3.63, 3.8) is 0 Å². The number of hydrogen-bond donors (Lipinski definition) is 1. The summed E-state index contributed by atoms with van der Waals surface area (Å²) < 4.78 is 1.22. The molecule has 0 aliphatic heterocycles. The Hall–Kier alpha value is 0.1000. The van der Waals surface area contributed by atoms with Gasteiger partial charge in [-0.2, -0.15) is 0 Å². The number of rotatable bonds is 5. The van der Waals surface area contributed by atoms with Crippen LogP contribution < -0.4 is 5.73 Å². The van der Waals surface area contributed by atoms with E-state index in [2.05, 4.69) is 39.3 Å². The predicted octanol–water partition coefficient (Wildman–Crippen LogP) is 3.85. The fraction of sp³-hybridized carbons (Fsp3) is 0.714. The van der Waals surface area contributed by atoms with Crippen molar-refractivity contribution >= 4 is 27.3 Å². The average Bonchev–Trinajstić information content (AvgIpc) is 2.77. The molecule has 2 rings (SSSR count). The van der Waals surface area contributed by atoms with Crippen molar-refractivity contribution in [1.29, 1.82) is 0 Å². The Bertz CT molecular complexity index is 360. The molecule has 1 fully saturated rings. The Balaban J connectivity index is 1.93. The van der Waals surface area contributed by atoms with E-state index >= 15 is 0 Å². The minimum Gasteiger partial charge on any atom is -0.329 e. The lowest BCUT2D eigenvalue weighted by atomic mass is 9.83. The molecule has 0 saturated heterocycles. The van der Waals surface area contributed by atoms with Gasteiger partial charge in [0.25, 0.3) is 0 Å². The fourth-order valence-electron chi connectivity index (χ4n) is 3.09.